The van der Waals surface area contributed by atoms with Gasteiger partial charge in [-0.15, -0.1) is 0 Å². The Labute approximate surface area is 147 Å². The third-order valence-corrected chi connectivity index (χ3v) is 4.92. The topological polar surface area (TPSA) is 88.6 Å². The van der Waals surface area contributed by atoms with Gasteiger partial charge in [-0.1, -0.05) is 12.1 Å². The largest absolute Gasteiger partial charge is 0.481 e. The maximum Gasteiger partial charge on any atom is 0.245 e. The number of carbonyl (C=O) groups is 1. The monoisotopic (exact) mass is 363 g/mol. The van der Waals surface area contributed by atoms with Gasteiger partial charge in [0.05, 0.1) is 25.2 Å². The second-order valence-electron chi connectivity index (χ2n) is 5.62. The van der Waals surface area contributed by atoms with E-state index < -0.39 is 15.9 Å². The van der Waals surface area contributed by atoms with Crippen LogP contribution in [0.15, 0.2) is 36.5 Å². The van der Waals surface area contributed by atoms with Crippen LogP contribution in [0.4, 0.5) is 11.4 Å². The van der Waals surface area contributed by atoms with Gasteiger partial charge in [-0.2, -0.15) is 0 Å². The van der Waals surface area contributed by atoms with Crippen LogP contribution in [0.3, 0.4) is 0 Å². The summed E-state index contributed by atoms with van der Waals surface area (Å²) in [7, 11) is -2.19. The zero-order valence-corrected chi connectivity index (χ0v) is 15.4. The summed E-state index contributed by atoms with van der Waals surface area (Å²) in [5.74, 6) is -0.0769. The van der Waals surface area contributed by atoms with Gasteiger partial charge in [-0.25, -0.2) is 13.4 Å². The van der Waals surface area contributed by atoms with E-state index >= 15 is 0 Å². The molecule has 7 nitrogen and oxygen atoms in total. The molecule has 25 heavy (non-hydrogen) atoms. The molecule has 0 radical (unpaired) electrons. The molecule has 8 heteroatoms. The molecular weight excluding hydrogens is 342 g/mol. The van der Waals surface area contributed by atoms with Crippen LogP contribution in [0, 0.1) is 13.8 Å². The first-order valence-electron chi connectivity index (χ1n) is 7.56. The minimum atomic E-state index is -3.65. The second kappa shape index (κ2) is 7.52. The first-order valence-corrected chi connectivity index (χ1v) is 9.41. The van der Waals surface area contributed by atoms with Crippen molar-refractivity contribution in [3.05, 3.63) is 47.7 Å². The predicted molar refractivity (Wildman–Crippen MR) is 97.5 cm³/mol. The van der Waals surface area contributed by atoms with Crippen LogP contribution >= 0.6 is 0 Å². The van der Waals surface area contributed by atoms with Crippen molar-refractivity contribution < 1.29 is 17.9 Å². The number of ether oxygens (including phenoxy) is 1. The van der Waals surface area contributed by atoms with Crippen LogP contribution in [0.1, 0.15) is 11.1 Å². The van der Waals surface area contributed by atoms with Crippen molar-refractivity contribution in [3.63, 3.8) is 0 Å². The lowest BCUT2D eigenvalue weighted by Crippen LogP contribution is -2.37. The highest BCUT2D eigenvalue weighted by molar-refractivity contribution is 7.92. The van der Waals surface area contributed by atoms with E-state index in [1.807, 2.05) is 26.0 Å². The summed E-state index contributed by atoms with van der Waals surface area (Å²) in [4.78, 5) is 16.4. The summed E-state index contributed by atoms with van der Waals surface area (Å²) in [6.45, 7) is 3.49. The molecule has 0 saturated heterocycles. The fourth-order valence-electron chi connectivity index (χ4n) is 2.25. The maximum absolute atomic E-state index is 12.4. The van der Waals surface area contributed by atoms with Crippen LogP contribution < -0.4 is 14.4 Å². The molecule has 0 fully saturated rings. The number of sulfonamides is 1. The fourth-order valence-corrected chi connectivity index (χ4v) is 3.09. The van der Waals surface area contributed by atoms with Gasteiger partial charge in [-0.3, -0.25) is 9.10 Å². The quantitative estimate of drug-likeness (QED) is 0.849. The van der Waals surface area contributed by atoms with Gasteiger partial charge < -0.3 is 10.1 Å². The number of aryl methyl sites for hydroxylation is 1. The number of amides is 1. The van der Waals surface area contributed by atoms with Crippen molar-refractivity contribution in [2.45, 2.75) is 13.8 Å². The molecule has 0 unspecified atom stereocenters. The molecule has 0 aliphatic heterocycles. The molecule has 0 bridgehead atoms. The van der Waals surface area contributed by atoms with Gasteiger partial charge in [0, 0.05) is 11.8 Å². The maximum atomic E-state index is 12.4. The Morgan fingerprint density at radius 3 is 2.52 bits per heavy atom. The summed E-state index contributed by atoms with van der Waals surface area (Å²) >= 11 is 0. The molecule has 0 aliphatic rings. The molecule has 0 aliphatic carbocycles. The van der Waals surface area contributed by atoms with Gasteiger partial charge in [0.2, 0.25) is 21.8 Å². The highest BCUT2D eigenvalue weighted by Crippen LogP contribution is 2.20. The molecule has 0 spiro atoms. The first-order chi connectivity index (χ1) is 11.7. The van der Waals surface area contributed by atoms with E-state index in [1.54, 1.807) is 6.07 Å². The number of pyridine rings is 1. The molecule has 1 aromatic carbocycles. The van der Waals surface area contributed by atoms with Gasteiger partial charge in [0.25, 0.3) is 0 Å². The lowest BCUT2D eigenvalue weighted by Gasteiger charge is -2.22. The van der Waals surface area contributed by atoms with Crippen LogP contribution in [-0.4, -0.2) is 39.2 Å². The number of nitrogens with one attached hydrogen (secondary N) is 1. The highest BCUT2D eigenvalue weighted by atomic mass is 32.2. The average Bonchev–Trinajstić information content (AvgIpc) is 2.56. The zero-order valence-electron chi connectivity index (χ0n) is 14.6. The minimum absolute atomic E-state index is 0.291. The zero-order chi connectivity index (χ0) is 18.6. The summed E-state index contributed by atoms with van der Waals surface area (Å²) in [5, 5.41) is 2.76. The van der Waals surface area contributed by atoms with Gasteiger partial charge >= 0.3 is 0 Å². The molecule has 2 aromatic rings. The lowest BCUT2D eigenvalue weighted by molar-refractivity contribution is -0.114. The molecule has 1 aromatic heterocycles. The normalized spacial score (nSPS) is 11.0. The highest BCUT2D eigenvalue weighted by Gasteiger charge is 2.21. The third kappa shape index (κ3) is 4.69. The second-order valence-corrected chi connectivity index (χ2v) is 7.53. The Morgan fingerprint density at radius 1 is 1.24 bits per heavy atom. The summed E-state index contributed by atoms with van der Waals surface area (Å²) in [5.41, 5.74) is 2.93. The molecule has 1 heterocycles. The first kappa shape index (κ1) is 18.7. The van der Waals surface area contributed by atoms with Crippen molar-refractivity contribution in [3.8, 4) is 5.88 Å². The summed E-state index contributed by atoms with van der Waals surface area (Å²) in [6, 6.07) is 8.63. The van der Waals surface area contributed by atoms with E-state index in [4.69, 9.17) is 4.74 Å². The number of hydrogen-bond donors (Lipinski definition) is 1. The number of benzene rings is 1. The number of hydrogen-bond acceptors (Lipinski definition) is 5. The SMILES string of the molecule is COc1ccc(N(CC(=O)Nc2cccc(C)c2C)S(C)(=O)=O)cn1. The smallest absolute Gasteiger partial charge is 0.245 e. The molecule has 2 rings (SSSR count). The van der Waals surface area contributed by atoms with Gasteiger partial charge in [-0.05, 0) is 37.1 Å². The van der Waals surface area contributed by atoms with E-state index in [0.717, 1.165) is 21.7 Å². The van der Waals surface area contributed by atoms with E-state index in [0.29, 0.717) is 17.3 Å². The number of nitrogens with zero attached hydrogens (tertiary/aromatic N) is 2. The Morgan fingerprint density at radius 2 is 1.96 bits per heavy atom. The predicted octanol–water partition coefficient (Wildman–Crippen LogP) is 2.11. The van der Waals surface area contributed by atoms with Gasteiger partial charge in [0.15, 0.2) is 0 Å². The average molecular weight is 363 g/mol. The van der Waals surface area contributed by atoms with Crippen molar-refractivity contribution in [1.82, 2.24) is 4.98 Å². The van der Waals surface area contributed by atoms with E-state index in [1.165, 1.54) is 25.4 Å². The lowest BCUT2D eigenvalue weighted by atomic mass is 10.1. The molecule has 1 N–H and O–H groups in total. The van der Waals surface area contributed by atoms with Crippen LogP contribution in [0.25, 0.3) is 0 Å². The third-order valence-electron chi connectivity index (χ3n) is 3.78. The number of methoxy groups -OCH3 is 1. The van der Waals surface area contributed by atoms with E-state index in [-0.39, 0.29) is 6.54 Å². The number of rotatable bonds is 6. The van der Waals surface area contributed by atoms with Crippen LogP contribution in [0.2, 0.25) is 0 Å². The summed E-state index contributed by atoms with van der Waals surface area (Å²) in [6.07, 6.45) is 2.40. The molecule has 0 saturated carbocycles. The summed E-state index contributed by atoms with van der Waals surface area (Å²) < 4.78 is 30.1. The number of anilines is 2. The Bertz CT molecular complexity index is 864. The molecular formula is C17H21N3O4S. The van der Waals surface area contributed by atoms with E-state index in [2.05, 4.69) is 10.3 Å². The Balaban J connectivity index is 2.22. The van der Waals surface area contributed by atoms with Crippen molar-refractivity contribution in [1.29, 1.82) is 0 Å². The van der Waals surface area contributed by atoms with Crippen molar-refractivity contribution in [2.24, 2.45) is 0 Å². The standard InChI is InChI=1S/C17H21N3O4S/c1-12-6-5-7-15(13(12)2)19-16(21)11-20(25(4,22)23)14-8-9-17(24-3)18-10-14/h5-10H,11H2,1-4H3,(H,19,21). The number of aromatic nitrogens is 1. The van der Waals surface area contributed by atoms with Crippen molar-refractivity contribution in [2.75, 3.05) is 29.5 Å². The molecule has 1 amide bonds. The van der Waals surface area contributed by atoms with Gasteiger partial charge in [0.1, 0.15) is 6.54 Å². The number of carbonyl (C=O) groups excluding carboxylic acids is 1. The molecule has 0 atom stereocenters. The minimum Gasteiger partial charge on any atom is -0.481 e. The molecule has 134 valence electrons. The fraction of sp³-hybridized carbons (Fsp3) is 0.294. The Hall–Kier alpha value is -2.61. The van der Waals surface area contributed by atoms with Crippen molar-refractivity contribution >= 4 is 27.3 Å². The van der Waals surface area contributed by atoms with Crippen LogP contribution in [-0.2, 0) is 14.8 Å². The Kier molecular flexibility index (Phi) is 5.63. The van der Waals surface area contributed by atoms with Crippen LogP contribution in [0.5, 0.6) is 5.88 Å². The van der Waals surface area contributed by atoms with E-state index in [9.17, 15) is 13.2 Å².